The summed E-state index contributed by atoms with van der Waals surface area (Å²) in [6.07, 6.45) is 3.20. The summed E-state index contributed by atoms with van der Waals surface area (Å²) < 4.78 is 13.1. The number of rotatable bonds is 5. The number of hydrogen-bond acceptors (Lipinski definition) is 3. The van der Waals surface area contributed by atoms with Crippen molar-refractivity contribution in [2.24, 2.45) is 0 Å². The van der Waals surface area contributed by atoms with E-state index in [9.17, 15) is 9.18 Å². The van der Waals surface area contributed by atoms with Gasteiger partial charge < -0.3 is 5.32 Å². The highest BCUT2D eigenvalue weighted by Gasteiger charge is 2.10. The molecule has 1 aromatic heterocycles. The second-order valence-electron chi connectivity index (χ2n) is 3.21. The van der Waals surface area contributed by atoms with Gasteiger partial charge in [0.1, 0.15) is 0 Å². The summed E-state index contributed by atoms with van der Waals surface area (Å²) in [5.41, 5.74) is -0.0530. The van der Waals surface area contributed by atoms with Gasteiger partial charge in [0, 0.05) is 19.2 Å². The lowest BCUT2D eigenvalue weighted by atomic mass is 10.2. The molecular formula is C11H12FN3O. The third kappa shape index (κ3) is 3.65. The molecule has 1 heterocycles. The molecule has 0 atom stereocenters. The molecule has 1 aromatic rings. The minimum absolute atomic E-state index is 0.0530. The third-order valence-corrected chi connectivity index (χ3v) is 2.00. The van der Waals surface area contributed by atoms with Crippen LogP contribution in [0, 0.1) is 17.3 Å². The normalized spacial score (nSPS) is 9.50. The van der Waals surface area contributed by atoms with Crippen LogP contribution >= 0.6 is 0 Å². The van der Waals surface area contributed by atoms with Crippen LogP contribution in [-0.4, -0.2) is 17.4 Å². The fourth-order valence-corrected chi connectivity index (χ4v) is 1.18. The van der Waals surface area contributed by atoms with Crippen molar-refractivity contribution in [2.45, 2.75) is 19.3 Å². The lowest BCUT2D eigenvalue weighted by Gasteiger charge is -2.04. The molecule has 0 radical (unpaired) electrons. The summed E-state index contributed by atoms with van der Waals surface area (Å²) in [5, 5.41) is 10.9. The van der Waals surface area contributed by atoms with Gasteiger partial charge in [0.2, 0.25) is 5.95 Å². The Labute approximate surface area is 93.1 Å². The Morgan fingerprint density at radius 3 is 3.06 bits per heavy atom. The average Bonchev–Trinajstić information content (AvgIpc) is 2.29. The number of unbranched alkanes of at least 4 members (excludes halogenated alkanes) is 2. The minimum Gasteiger partial charge on any atom is -0.352 e. The van der Waals surface area contributed by atoms with E-state index < -0.39 is 11.9 Å². The molecule has 1 rings (SSSR count). The standard InChI is InChI=1S/C11H12FN3O/c12-10-9(5-4-8-14-10)11(16)15-7-3-1-2-6-13/h4-5,8H,1-3,7H2,(H,15,16). The quantitative estimate of drug-likeness (QED) is 0.607. The number of carbonyl (C=O) groups is 1. The minimum atomic E-state index is -0.767. The van der Waals surface area contributed by atoms with Gasteiger partial charge in [-0.25, -0.2) is 4.98 Å². The number of nitrogens with zero attached hydrogens (tertiary/aromatic N) is 2. The van der Waals surface area contributed by atoms with Gasteiger partial charge in [-0.3, -0.25) is 4.79 Å². The number of nitrogens with one attached hydrogen (secondary N) is 1. The van der Waals surface area contributed by atoms with Crippen molar-refractivity contribution in [3.05, 3.63) is 29.8 Å². The molecule has 84 valence electrons. The van der Waals surface area contributed by atoms with E-state index in [2.05, 4.69) is 10.3 Å². The van der Waals surface area contributed by atoms with Gasteiger partial charge in [-0.05, 0) is 25.0 Å². The van der Waals surface area contributed by atoms with Crippen molar-refractivity contribution in [3.63, 3.8) is 0 Å². The highest BCUT2D eigenvalue weighted by atomic mass is 19.1. The summed E-state index contributed by atoms with van der Waals surface area (Å²) in [5.74, 6) is -1.24. The first-order chi connectivity index (χ1) is 7.75. The monoisotopic (exact) mass is 221 g/mol. The molecule has 0 unspecified atom stereocenters. The predicted molar refractivity (Wildman–Crippen MR) is 56.0 cm³/mol. The lowest BCUT2D eigenvalue weighted by Crippen LogP contribution is -2.25. The highest BCUT2D eigenvalue weighted by molar-refractivity contribution is 5.94. The summed E-state index contributed by atoms with van der Waals surface area (Å²) >= 11 is 0. The Morgan fingerprint density at radius 1 is 1.56 bits per heavy atom. The Morgan fingerprint density at radius 2 is 2.38 bits per heavy atom. The largest absolute Gasteiger partial charge is 0.352 e. The maximum absolute atomic E-state index is 13.1. The summed E-state index contributed by atoms with van der Waals surface area (Å²) in [4.78, 5) is 14.8. The van der Waals surface area contributed by atoms with Gasteiger partial charge in [0.25, 0.3) is 5.91 Å². The second kappa shape index (κ2) is 6.51. The van der Waals surface area contributed by atoms with Crippen LogP contribution in [0.5, 0.6) is 0 Å². The zero-order valence-corrected chi connectivity index (χ0v) is 8.74. The van der Waals surface area contributed by atoms with Crippen LogP contribution in [0.3, 0.4) is 0 Å². The van der Waals surface area contributed by atoms with Crippen molar-refractivity contribution in [1.82, 2.24) is 10.3 Å². The summed E-state index contributed by atoms with van der Waals surface area (Å²) in [7, 11) is 0. The van der Waals surface area contributed by atoms with E-state index in [1.165, 1.54) is 18.3 Å². The van der Waals surface area contributed by atoms with E-state index in [1.54, 1.807) is 0 Å². The van der Waals surface area contributed by atoms with Crippen molar-refractivity contribution < 1.29 is 9.18 Å². The van der Waals surface area contributed by atoms with Crippen molar-refractivity contribution in [3.8, 4) is 6.07 Å². The number of hydrogen-bond donors (Lipinski definition) is 1. The van der Waals surface area contributed by atoms with E-state index in [1.807, 2.05) is 6.07 Å². The van der Waals surface area contributed by atoms with E-state index in [0.717, 1.165) is 6.42 Å². The fraction of sp³-hybridized carbons (Fsp3) is 0.364. The van der Waals surface area contributed by atoms with E-state index in [0.29, 0.717) is 19.4 Å². The molecule has 1 N–H and O–H groups in total. The Balaban J connectivity index is 2.36. The average molecular weight is 221 g/mol. The molecule has 0 aliphatic rings. The van der Waals surface area contributed by atoms with E-state index in [4.69, 9.17) is 5.26 Å². The molecule has 0 fully saturated rings. The van der Waals surface area contributed by atoms with Gasteiger partial charge in [-0.1, -0.05) is 0 Å². The molecule has 0 aromatic carbocycles. The number of halogens is 1. The zero-order valence-electron chi connectivity index (χ0n) is 8.74. The molecular weight excluding hydrogens is 209 g/mol. The topological polar surface area (TPSA) is 65.8 Å². The number of pyridine rings is 1. The molecule has 4 nitrogen and oxygen atoms in total. The van der Waals surface area contributed by atoms with Crippen LogP contribution < -0.4 is 5.32 Å². The summed E-state index contributed by atoms with van der Waals surface area (Å²) in [6.45, 7) is 0.439. The van der Waals surface area contributed by atoms with Crippen molar-refractivity contribution >= 4 is 5.91 Å². The maximum atomic E-state index is 13.1. The molecule has 0 aliphatic heterocycles. The molecule has 16 heavy (non-hydrogen) atoms. The molecule has 0 saturated carbocycles. The van der Waals surface area contributed by atoms with E-state index in [-0.39, 0.29) is 5.56 Å². The van der Waals surface area contributed by atoms with Crippen LogP contribution in [0.1, 0.15) is 29.6 Å². The molecule has 0 saturated heterocycles. The van der Waals surface area contributed by atoms with Gasteiger partial charge in [0.05, 0.1) is 11.6 Å². The Kier molecular flexibility index (Phi) is 4.93. The first kappa shape index (κ1) is 12.1. The van der Waals surface area contributed by atoms with Crippen LogP contribution in [0.4, 0.5) is 4.39 Å². The lowest BCUT2D eigenvalue weighted by molar-refractivity contribution is 0.0948. The van der Waals surface area contributed by atoms with Gasteiger partial charge >= 0.3 is 0 Å². The third-order valence-electron chi connectivity index (χ3n) is 2.00. The highest BCUT2D eigenvalue weighted by Crippen LogP contribution is 2.02. The Hall–Kier alpha value is -1.96. The number of nitriles is 1. The Bertz CT molecular complexity index is 400. The van der Waals surface area contributed by atoms with Crippen LogP contribution in [0.25, 0.3) is 0 Å². The van der Waals surface area contributed by atoms with Gasteiger partial charge in [-0.2, -0.15) is 9.65 Å². The van der Waals surface area contributed by atoms with Crippen molar-refractivity contribution in [1.29, 1.82) is 5.26 Å². The fourth-order valence-electron chi connectivity index (χ4n) is 1.18. The SMILES string of the molecule is N#CCCCCNC(=O)c1cccnc1F. The van der Waals surface area contributed by atoms with Crippen LogP contribution in [-0.2, 0) is 0 Å². The van der Waals surface area contributed by atoms with Crippen LogP contribution in [0.15, 0.2) is 18.3 Å². The van der Waals surface area contributed by atoms with Gasteiger partial charge in [0.15, 0.2) is 0 Å². The predicted octanol–water partition coefficient (Wildman–Crippen LogP) is 1.64. The maximum Gasteiger partial charge on any atom is 0.255 e. The van der Waals surface area contributed by atoms with E-state index >= 15 is 0 Å². The smallest absolute Gasteiger partial charge is 0.255 e. The van der Waals surface area contributed by atoms with Gasteiger partial charge in [-0.15, -0.1) is 0 Å². The molecule has 5 heteroatoms. The number of carbonyl (C=O) groups excluding carboxylic acids is 1. The van der Waals surface area contributed by atoms with Crippen LogP contribution in [0.2, 0.25) is 0 Å². The molecule has 0 aliphatic carbocycles. The zero-order chi connectivity index (χ0) is 11.8. The molecule has 1 amide bonds. The second-order valence-corrected chi connectivity index (χ2v) is 3.21. The number of aromatic nitrogens is 1. The summed E-state index contributed by atoms with van der Waals surface area (Å²) in [6, 6.07) is 4.90. The van der Waals surface area contributed by atoms with Crippen molar-refractivity contribution in [2.75, 3.05) is 6.54 Å². The molecule has 0 bridgehead atoms. The number of amides is 1. The first-order valence-electron chi connectivity index (χ1n) is 5.01. The first-order valence-corrected chi connectivity index (χ1v) is 5.01. The molecule has 0 spiro atoms.